The largest absolute Gasteiger partial charge is 0.129 e. The van der Waals surface area contributed by atoms with Gasteiger partial charge < -0.3 is 0 Å². The molecule has 0 amide bonds. The Kier molecular flexibility index (Phi) is 4.07. The van der Waals surface area contributed by atoms with Gasteiger partial charge >= 0.3 is 0 Å². The van der Waals surface area contributed by atoms with E-state index in [2.05, 4.69) is 47.8 Å². The summed E-state index contributed by atoms with van der Waals surface area (Å²) in [7, 11) is 0. The molecule has 2 heteroatoms. The van der Waals surface area contributed by atoms with Crippen molar-refractivity contribution in [3.05, 3.63) is 47.8 Å². The van der Waals surface area contributed by atoms with Crippen LogP contribution in [0.5, 0.6) is 0 Å². The van der Waals surface area contributed by atoms with Crippen molar-refractivity contribution in [3.63, 3.8) is 0 Å². The van der Waals surface area contributed by atoms with Crippen LogP contribution in [0.25, 0.3) is 0 Å². The van der Waals surface area contributed by atoms with Gasteiger partial charge in [0.2, 0.25) is 0 Å². The highest BCUT2D eigenvalue weighted by Gasteiger charge is 2.07. The molecule has 13 heavy (non-hydrogen) atoms. The summed E-state index contributed by atoms with van der Waals surface area (Å²) in [5, 5.41) is 0. The Morgan fingerprint density at radius 2 is 2.23 bits per heavy atom. The van der Waals surface area contributed by atoms with E-state index in [1.54, 1.807) is 11.8 Å². The fraction of sp³-hybridized carbons (Fsp3) is 0.182. The molecule has 1 rings (SSSR count). The molecular weight excluding hydrogens is 244 g/mol. The van der Waals surface area contributed by atoms with Crippen LogP contribution >= 0.6 is 27.7 Å². The molecule has 0 aliphatic rings. The van der Waals surface area contributed by atoms with E-state index in [9.17, 15) is 0 Å². The molecule has 1 unspecified atom stereocenters. The van der Waals surface area contributed by atoms with Gasteiger partial charge in [-0.25, -0.2) is 0 Å². The zero-order chi connectivity index (χ0) is 9.84. The lowest BCUT2D eigenvalue weighted by atomic mass is 10.0. The summed E-state index contributed by atoms with van der Waals surface area (Å²) in [5.41, 5.74) is 1.23. The molecule has 1 aromatic carbocycles. The Hall–Kier alpha value is -0.210. The SMILES string of the molecule is [CH2]C(C=C)c1cc(Br)ccc1SC. The molecular formula is C11H12BrS. The van der Waals surface area contributed by atoms with E-state index >= 15 is 0 Å². The van der Waals surface area contributed by atoms with Crippen LogP contribution in [0, 0.1) is 6.92 Å². The van der Waals surface area contributed by atoms with E-state index < -0.39 is 0 Å². The van der Waals surface area contributed by atoms with Crippen LogP contribution in [0.2, 0.25) is 0 Å². The van der Waals surface area contributed by atoms with Crippen LogP contribution in [0.3, 0.4) is 0 Å². The number of benzene rings is 1. The molecule has 0 aliphatic carbocycles. The second-order valence-corrected chi connectivity index (χ2v) is 4.49. The molecule has 0 saturated heterocycles. The quantitative estimate of drug-likeness (QED) is 0.574. The van der Waals surface area contributed by atoms with Gasteiger partial charge in [-0.1, -0.05) is 22.0 Å². The van der Waals surface area contributed by atoms with Crippen molar-refractivity contribution in [1.29, 1.82) is 0 Å². The van der Waals surface area contributed by atoms with Gasteiger partial charge in [-0.15, -0.1) is 18.3 Å². The second kappa shape index (κ2) is 4.87. The molecule has 0 saturated carbocycles. The summed E-state index contributed by atoms with van der Waals surface area (Å²) in [4.78, 5) is 1.27. The van der Waals surface area contributed by atoms with E-state index in [0.29, 0.717) is 0 Å². The molecule has 0 aromatic heterocycles. The molecule has 69 valence electrons. The zero-order valence-corrected chi connectivity index (χ0v) is 9.99. The topological polar surface area (TPSA) is 0 Å². The van der Waals surface area contributed by atoms with Crippen molar-refractivity contribution in [2.75, 3.05) is 6.26 Å². The standard InChI is InChI=1S/C11H12BrS/c1-4-8(2)10-7-9(12)5-6-11(10)13-3/h4-8H,1-2H2,3H3. The highest BCUT2D eigenvalue weighted by atomic mass is 79.9. The number of hydrogen-bond acceptors (Lipinski definition) is 1. The van der Waals surface area contributed by atoms with E-state index in [0.717, 1.165) is 4.47 Å². The predicted octanol–water partition coefficient (Wildman–Crippen LogP) is 4.27. The molecule has 1 aromatic rings. The third-order valence-corrected chi connectivity index (χ3v) is 3.18. The van der Waals surface area contributed by atoms with E-state index in [1.165, 1.54) is 10.5 Å². The minimum Gasteiger partial charge on any atom is -0.129 e. The second-order valence-electron chi connectivity index (χ2n) is 2.73. The summed E-state index contributed by atoms with van der Waals surface area (Å²) in [6.07, 6.45) is 3.93. The zero-order valence-electron chi connectivity index (χ0n) is 7.59. The van der Waals surface area contributed by atoms with Gasteiger partial charge in [0.1, 0.15) is 0 Å². The van der Waals surface area contributed by atoms with Crippen LogP contribution < -0.4 is 0 Å². The van der Waals surface area contributed by atoms with E-state index in [-0.39, 0.29) is 5.92 Å². The molecule has 0 aliphatic heterocycles. The molecule has 1 radical (unpaired) electrons. The summed E-state index contributed by atoms with van der Waals surface area (Å²) >= 11 is 5.19. The Labute approximate surface area is 92.6 Å². The Morgan fingerprint density at radius 3 is 2.77 bits per heavy atom. The van der Waals surface area contributed by atoms with Crippen LogP contribution in [-0.4, -0.2) is 6.26 Å². The number of rotatable bonds is 3. The van der Waals surface area contributed by atoms with Crippen LogP contribution in [0.1, 0.15) is 11.5 Å². The summed E-state index contributed by atoms with van der Waals surface area (Å²) in [6.45, 7) is 7.78. The molecule has 1 atom stereocenters. The third kappa shape index (κ3) is 2.61. The smallest absolute Gasteiger partial charge is 0.0179 e. The fourth-order valence-electron chi connectivity index (χ4n) is 1.12. The van der Waals surface area contributed by atoms with Gasteiger partial charge in [0.05, 0.1) is 0 Å². The van der Waals surface area contributed by atoms with Crippen molar-refractivity contribution < 1.29 is 0 Å². The molecule has 0 nitrogen and oxygen atoms in total. The third-order valence-electron chi connectivity index (χ3n) is 1.88. The van der Waals surface area contributed by atoms with Gasteiger partial charge in [-0.2, -0.15) is 0 Å². The van der Waals surface area contributed by atoms with Gasteiger partial charge in [0.15, 0.2) is 0 Å². The maximum Gasteiger partial charge on any atom is 0.0179 e. The maximum absolute atomic E-state index is 4.02. The molecule has 0 heterocycles. The number of allylic oxidation sites excluding steroid dienone is 1. The first-order valence-electron chi connectivity index (χ1n) is 3.98. The monoisotopic (exact) mass is 255 g/mol. The maximum atomic E-state index is 4.02. The average molecular weight is 256 g/mol. The van der Waals surface area contributed by atoms with Crippen LogP contribution in [-0.2, 0) is 0 Å². The van der Waals surface area contributed by atoms with Gasteiger partial charge in [0.25, 0.3) is 0 Å². The fourth-order valence-corrected chi connectivity index (χ4v) is 2.15. The Bertz CT molecular complexity index is 307. The van der Waals surface area contributed by atoms with Gasteiger partial charge in [-0.05, 0) is 36.9 Å². The molecule has 0 spiro atoms. The minimum absolute atomic E-state index is 0.167. The lowest BCUT2D eigenvalue weighted by Gasteiger charge is -2.11. The van der Waals surface area contributed by atoms with Crippen molar-refractivity contribution in [2.45, 2.75) is 10.8 Å². The lowest BCUT2D eigenvalue weighted by Crippen LogP contribution is -1.91. The van der Waals surface area contributed by atoms with Gasteiger partial charge in [0, 0.05) is 15.3 Å². The normalized spacial score (nSPS) is 12.5. The summed E-state index contributed by atoms with van der Waals surface area (Å²) in [5.74, 6) is 0.167. The minimum atomic E-state index is 0.167. The first-order chi connectivity index (χ1) is 6.19. The van der Waals surface area contributed by atoms with Gasteiger partial charge in [-0.3, -0.25) is 0 Å². The first kappa shape index (κ1) is 10.9. The number of halogens is 1. The highest BCUT2D eigenvalue weighted by molar-refractivity contribution is 9.10. The van der Waals surface area contributed by atoms with Crippen LogP contribution in [0.4, 0.5) is 0 Å². The van der Waals surface area contributed by atoms with E-state index in [1.807, 2.05) is 12.1 Å². The Morgan fingerprint density at radius 1 is 1.54 bits per heavy atom. The Balaban J connectivity index is 3.14. The number of hydrogen-bond donors (Lipinski definition) is 0. The number of thioether (sulfide) groups is 1. The molecule has 0 N–H and O–H groups in total. The van der Waals surface area contributed by atoms with Crippen LogP contribution in [0.15, 0.2) is 40.2 Å². The molecule has 0 fully saturated rings. The van der Waals surface area contributed by atoms with E-state index in [4.69, 9.17) is 0 Å². The van der Waals surface area contributed by atoms with Crippen molar-refractivity contribution >= 4 is 27.7 Å². The summed E-state index contributed by atoms with van der Waals surface area (Å²) < 4.78 is 1.09. The van der Waals surface area contributed by atoms with Crippen molar-refractivity contribution in [1.82, 2.24) is 0 Å². The molecule has 0 bridgehead atoms. The lowest BCUT2D eigenvalue weighted by molar-refractivity contribution is 1.03. The summed E-state index contributed by atoms with van der Waals surface area (Å²) in [6, 6.07) is 6.25. The predicted molar refractivity (Wildman–Crippen MR) is 64.2 cm³/mol. The first-order valence-corrected chi connectivity index (χ1v) is 6.00. The van der Waals surface area contributed by atoms with Crippen molar-refractivity contribution in [3.8, 4) is 0 Å². The average Bonchev–Trinajstić information content (AvgIpc) is 2.16. The van der Waals surface area contributed by atoms with Crippen molar-refractivity contribution in [2.24, 2.45) is 0 Å². The highest BCUT2D eigenvalue weighted by Crippen LogP contribution is 2.30.